The number of halogens is 1. The topological polar surface area (TPSA) is 79.2 Å². The molecule has 124 valence electrons. The van der Waals surface area contributed by atoms with Crippen LogP contribution >= 0.6 is 0 Å². The predicted octanol–water partition coefficient (Wildman–Crippen LogP) is 4.04. The van der Waals surface area contributed by atoms with Gasteiger partial charge in [0, 0.05) is 24.1 Å². The van der Waals surface area contributed by atoms with E-state index in [1.165, 1.54) is 6.07 Å². The molecule has 5 nitrogen and oxygen atoms in total. The van der Waals surface area contributed by atoms with Gasteiger partial charge in [-0.2, -0.15) is 0 Å². The Morgan fingerprint density at radius 1 is 1.29 bits per heavy atom. The first-order chi connectivity index (χ1) is 11.5. The molecule has 0 fully saturated rings. The van der Waals surface area contributed by atoms with Gasteiger partial charge in [-0.3, -0.25) is 10.1 Å². The van der Waals surface area contributed by atoms with Gasteiger partial charge >= 0.3 is 0 Å². The zero-order valence-corrected chi connectivity index (χ0v) is 13.1. The molecule has 2 aromatic carbocycles. The number of nitrogens with zero attached hydrogens (tertiary/aromatic N) is 1. The summed E-state index contributed by atoms with van der Waals surface area (Å²) in [5, 5.41) is 21.1. The van der Waals surface area contributed by atoms with Crippen molar-refractivity contribution >= 4 is 16.6 Å². The van der Waals surface area contributed by atoms with Gasteiger partial charge in [0.2, 0.25) is 0 Å². The van der Waals surface area contributed by atoms with Gasteiger partial charge in [0.15, 0.2) is 0 Å². The van der Waals surface area contributed by atoms with Crippen molar-refractivity contribution in [2.24, 2.45) is 0 Å². The standard InChI is InChI=1S/C18H17FN2O3/c1-11-2-4-12(5-3-11)14(6-7-22)16-10-20-18-15(16)8-13(19)9-17(18)21(23)24/h2-5,8-10,14,20,22H,6-7H2,1H3. The van der Waals surface area contributed by atoms with Gasteiger partial charge in [0.25, 0.3) is 5.69 Å². The number of hydrogen-bond donors (Lipinski definition) is 2. The quantitative estimate of drug-likeness (QED) is 0.548. The summed E-state index contributed by atoms with van der Waals surface area (Å²) in [5.74, 6) is -0.826. The van der Waals surface area contributed by atoms with E-state index in [-0.39, 0.29) is 18.2 Å². The van der Waals surface area contributed by atoms with Crippen molar-refractivity contribution in [3.63, 3.8) is 0 Å². The van der Waals surface area contributed by atoms with E-state index in [1.807, 2.05) is 31.2 Å². The number of aromatic amines is 1. The van der Waals surface area contributed by atoms with Crippen molar-refractivity contribution < 1.29 is 14.4 Å². The number of H-pyrrole nitrogens is 1. The minimum atomic E-state index is -0.651. The van der Waals surface area contributed by atoms with E-state index >= 15 is 0 Å². The van der Waals surface area contributed by atoms with Crippen LogP contribution < -0.4 is 0 Å². The Hall–Kier alpha value is -2.73. The molecule has 1 atom stereocenters. The second-order valence-corrected chi connectivity index (χ2v) is 5.82. The Bertz CT molecular complexity index is 887. The summed E-state index contributed by atoms with van der Waals surface area (Å²) in [7, 11) is 0. The van der Waals surface area contributed by atoms with Crippen LogP contribution in [0.1, 0.15) is 29.0 Å². The summed E-state index contributed by atoms with van der Waals surface area (Å²) in [4.78, 5) is 13.5. The highest BCUT2D eigenvalue weighted by Gasteiger charge is 2.23. The average molecular weight is 328 g/mol. The number of aliphatic hydroxyl groups is 1. The molecule has 2 N–H and O–H groups in total. The Morgan fingerprint density at radius 2 is 2.00 bits per heavy atom. The van der Waals surface area contributed by atoms with Crippen molar-refractivity contribution in [1.82, 2.24) is 4.98 Å². The fourth-order valence-corrected chi connectivity index (χ4v) is 3.06. The zero-order valence-electron chi connectivity index (χ0n) is 13.1. The minimum absolute atomic E-state index is 0.0391. The van der Waals surface area contributed by atoms with Gasteiger partial charge in [-0.1, -0.05) is 29.8 Å². The number of nitrogens with one attached hydrogen (secondary N) is 1. The summed E-state index contributed by atoms with van der Waals surface area (Å²) in [6.45, 7) is 1.94. The molecule has 3 aromatic rings. The third-order valence-corrected chi connectivity index (χ3v) is 4.23. The van der Waals surface area contributed by atoms with E-state index in [9.17, 15) is 19.6 Å². The summed E-state index contributed by atoms with van der Waals surface area (Å²) in [6.07, 6.45) is 2.11. The molecule has 24 heavy (non-hydrogen) atoms. The highest BCUT2D eigenvalue weighted by atomic mass is 19.1. The molecular formula is C18H17FN2O3. The van der Waals surface area contributed by atoms with Gasteiger partial charge in [-0.25, -0.2) is 4.39 Å². The molecule has 0 amide bonds. The van der Waals surface area contributed by atoms with Crippen molar-refractivity contribution in [3.05, 3.63) is 75.2 Å². The number of aromatic nitrogens is 1. The van der Waals surface area contributed by atoms with Crippen LogP contribution in [0, 0.1) is 22.9 Å². The van der Waals surface area contributed by atoms with Crippen LogP contribution in [-0.4, -0.2) is 21.6 Å². The van der Waals surface area contributed by atoms with Gasteiger partial charge in [-0.15, -0.1) is 0 Å². The molecule has 0 aliphatic heterocycles. The van der Waals surface area contributed by atoms with Crippen LogP contribution in [0.5, 0.6) is 0 Å². The van der Waals surface area contributed by atoms with Crippen molar-refractivity contribution in [2.75, 3.05) is 6.61 Å². The maximum absolute atomic E-state index is 13.9. The molecule has 0 saturated heterocycles. The van der Waals surface area contributed by atoms with E-state index in [4.69, 9.17) is 0 Å². The number of aliphatic hydroxyl groups excluding tert-OH is 1. The van der Waals surface area contributed by atoms with Crippen molar-refractivity contribution in [2.45, 2.75) is 19.3 Å². The molecule has 1 aromatic heterocycles. The number of hydrogen-bond acceptors (Lipinski definition) is 3. The molecule has 3 rings (SSSR count). The van der Waals surface area contributed by atoms with Crippen LogP contribution in [0.15, 0.2) is 42.6 Å². The second-order valence-electron chi connectivity index (χ2n) is 5.82. The third kappa shape index (κ3) is 2.88. The predicted molar refractivity (Wildman–Crippen MR) is 89.6 cm³/mol. The lowest BCUT2D eigenvalue weighted by Gasteiger charge is -2.16. The van der Waals surface area contributed by atoms with E-state index in [0.29, 0.717) is 17.3 Å². The molecular weight excluding hydrogens is 311 g/mol. The van der Waals surface area contributed by atoms with Crippen molar-refractivity contribution in [1.29, 1.82) is 0 Å². The summed E-state index contributed by atoms with van der Waals surface area (Å²) < 4.78 is 13.9. The van der Waals surface area contributed by atoms with E-state index in [0.717, 1.165) is 22.8 Å². The number of rotatable bonds is 5. The van der Waals surface area contributed by atoms with Crippen LogP contribution in [0.3, 0.4) is 0 Å². The lowest BCUT2D eigenvalue weighted by atomic mass is 9.88. The Balaban J connectivity index is 2.18. The van der Waals surface area contributed by atoms with Crippen LogP contribution in [0.2, 0.25) is 0 Å². The maximum atomic E-state index is 13.9. The normalized spacial score (nSPS) is 12.5. The van der Waals surface area contributed by atoms with Crippen LogP contribution in [0.25, 0.3) is 10.9 Å². The van der Waals surface area contributed by atoms with E-state index in [1.54, 1.807) is 6.20 Å². The molecule has 0 bridgehead atoms. The number of aryl methyl sites for hydroxylation is 1. The maximum Gasteiger partial charge on any atom is 0.296 e. The number of nitro benzene ring substituents is 1. The van der Waals surface area contributed by atoms with Gasteiger partial charge in [-0.05, 0) is 30.5 Å². The number of fused-ring (bicyclic) bond motifs is 1. The lowest BCUT2D eigenvalue weighted by Crippen LogP contribution is -2.03. The lowest BCUT2D eigenvalue weighted by molar-refractivity contribution is -0.383. The molecule has 1 unspecified atom stereocenters. The summed E-state index contributed by atoms with van der Waals surface area (Å²) in [5.41, 5.74) is 2.84. The first-order valence-corrected chi connectivity index (χ1v) is 7.63. The molecule has 0 aliphatic rings. The zero-order chi connectivity index (χ0) is 17.3. The van der Waals surface area contributed by atoms with Gasteiger partial charge in [0.1, 0.15) is 11.3 Å². The van der Waals surface area contributed by atoms with Crippen molar-refractivity contribution in [3.8, 4) is 0 Å². The summed E-state index contributed by atoms with van der Waals surface area (Å²) >= 11 is 0. The fraction of sp³-hybridized carbons (Fsp3) is 0.222. The smallest absolute Gasteiger partial charge is 0.296 e. The molecule has 6 heteroatoms. The fourth-order valence-electron chi connectivity index (χ4n) is 3.06. The number of non-ortho nitro benzene ring substituents is 1. The SMILES string of the molecule is Cc1ccc(C(CCO)c2c[nH]c3c([N+](=O)[O-])cc(F)cc23)cc1. The third-order valence-electron chi connectivity index (χ3n) is 4.23. The first kappa shape index (κ1) is 16.1. The molecule has 1 heterocycles. The average Bonchev–Trinajstić information content (AvgIpc) is 2.96. The minimum Gasteiger partial charge on any atom is -0.396 e. The molecule has 0 saturated carbocycles. The van der Waals surface area contributed by atoms with Crippen LogP contribution in [0.4, 0.5) is 10.1 Å². The Labute approximate surface area is 137 Å². The highest BCUT2D eigenvalue weighted by molar-refractivity contribution is 5.91. The Kier molecular flexibility index (Phi) is 4.31. The summed E-state index contributed by atoms with van der Waals surface area (Å²) in [6, 6.07) is 10.1. The molecule has 0 spiro atoms. The van der Waals surface area contributed by atoms with Gasteiger partial charge < -0.3 is 10.1 Å². The van der Waals surface area contributed by atoms with Gasteiger partial charge in [0.05, 0.1) is 11.0 Å². The van der Waals surface area contributed by atoms with Crippen LogP contribution in [-0.2, 0) is 0 Å². The second kappa shape index (κ2) is 6.41. The van der Waals surface area contributed by atoms with E-state index in [2.05, 4.69) is 4.98 Å². The Morgan fingerprint density at radius 3 is 2.62 bits per heavy atom. The van der Waals surface area contributed by atoms with E-state index < -0.39 is 10.7 Å². The number of nitro groups is 1. The largest absolute Gasteiger partial charge is 0.396 e. The highest BCUT2D eigenvalue weighted by Crippen LogP contribution is 2.36. The monoisotopic (exact) mass is 328 g/mol. The molecule has 0 radical (unpaired) electrons. The first-order valence-electron chi connectivity index (χ1n) is 7.63. The molecule has 0 aliphatic carbocycles. The number of benzene rings is 2.